The van der Waals surface area contributed by atoms with Crippen LogP contribution in [0.2, 0.25) is 0 Å². The number of nitrogens with one attached hydrogen (secondary N) is 1. The maximum absolute atomic E-state index is 13.8. The van der Waals surface area contributed by atoms with E-state index in [4.69, 9.17) is 9.72 Å². The summed E-state index contributed by atoms with van der Waals surface area (Å²) in [7, 11) is 0. The summed E-state index contributed by atoms with van der Waals surface area (Å²) in [6.07, 6.45) is -0.755. The van der Waals surface area contributed by atoms with Crippen molar-refractivity contribution < 1.29 is 22.3 Å². The fourth-order valence-electron chi connectivity index (χ4n) is 3.53. The first-order valence-corrected chi connectivity index (χ1v) is 9.73. The third kappa shape index (κ3) is 4.64. The van der Waals surface area contributed by atoms with Gasteiger partial charge in [-0.1, -0.05) is 18.2 Å². The Morgan fingerprint density at radius 3 is 2.47 bits per heavy atom. The average molecular weight is 419 g/mol. The molecule has 1 saturated heterocycles. The molecule has 2 heterocycles. The van der Waals surface area contributed by atoms with Gasteiger partial charge in [0.25, 0.3) is 0 Å². The molecule has 1 aromatic heterocycles. The van der Waals surface area contributed by atoms with Gasteiger partial charge in [-0.2, -0.15) is 13.2 Å². The standard InChI is InChI=1S/C22H21F4N3O/c23-18-2-1-3-19(12-18)29-14-20(16-8-10-30-11-9-16)28-21(29)27-13-15-4-6-17(7-5-15)22(24,25)26/h1-7,12,14,16H,8-11,13H2,(H,27,28). The van der Waals surface area contributed by atoms with E-state index in [1.807, 2.05) is 6.20 Å². The molecule has 0 spiro atoms. The maximum Gasteiger partial charge on any atom is 0.416 e. The molecular weight excluding hydrogens is 398 g/mol. The van der Waals surface area contributed by atoms with Crippen LogP contribution in [0.4, 0.5) is 23.5 Å². The van der Waals surface area contributed by atoms with Crippen LogP contribution in [-0.2, 0) is 17.5 Å². The van der Waals surface area contributed by atoms with Gasteiger partial charge in [-0.3, -0.25) is 4.57 Å². The molecule has 4 rings (SSSR count). The second kappa shape index (κ2) is 8.47. The largest absolute Gasteiger partial charge is 0.416 e. The van der Waals surface area contributed by atoms with Crippen molar-refractivity contribution in [3.63, 3.8) is 0 Å². The van der Waals surface area contributed by atoms with Crippen LogP contribution < -0.4 is 5.32 Å². The molecule has 0 bridgehead atoms. The molecule has 0 aliphatic carbocycles. The highest BCUT2D eigenvalue weighted by molar-refractivity contribution is 5.44. The molecule has 3 aromatic rings. The molecule has 30 heavy (non-hydrogen) atoms. The third-order valence-corrected chi connectivity index (χ3v) is 5.18. The van der Waals surface area contributed by atoms with Crippen molar-refractivity contribution in [2.75, 3.05) is 18.5 Å². The normalized spacial score (nSPS) is 15.3. The number of imidazole rings is 1. The summed E-state index contributed by atoms with van der Waals surface area (Å²) in [5.41, 5.74) is 1.51. The Hall–Kier alpha value is -2.87. The van der Waals surface area contributed by atoms with Crippen LogP contribution in [0.25, 0.3) is 5.69 Å². The maximum atomic E-state index is 13.8. The van der Waals surface area contributed by atoms with E-state index >= 15 is 0 Å². The summed E-state index contributed by atoms with van der Waals surface area (Å²) in [6.45, 7) is 1.63. The van der Waals surface area contributed by atoms with Gasteiger partial charge in [-0.15, -0.1) is 0 Å². The molecular formula is C22H21F4N3O. The summed E-state index contributed by atoms with van der Waals surface area (Å²) >= 11 is 0. The van der Waals surface area contributed by atoms with Gasteiger partial charge in [0, 0.05) is 31.9 Å². The van der Waals surface area contributed by atoms with Gasteiger partial charge < -0.3 is 10.1 Å². The molecule has 1 N–H and O–H groups in total. The summed E-state index contributed by atoms with van der Waals surface area (Å²) in [4.78, 5) is 4.71. The van der Waals surface area contributed by atoms with E-state index in [1.54, 1.807) is 16.7 Å². The molecule has 0 saturated carbocycles. The van der Waals surface area contributed by atoms with Crippen LogP contribution in [0, 0.1) is 5.82 Å². The highest BCUT2D eigenvalue weighted by Crippen LogP contribution is 2.30. The Balaban J connectivity index is 1.58. The molecule has 0 unspecified atom stereocenters. The minimum Gasteiger partial charge on any atom is -0.381 e. The van der Waals surface area contributed by atoms with E-state index < -0.39 is 11.7 Å². The first-order valence-electron chi connectivity index (χ1n) is 9.73. The van der Waals surface area contributed by atoms with Gasteiger partial charge in [0.15, 0.2) is 0 Å². The molecule has 0 amide bonds. The van der Waals surface area contributed by atoms with Gasteiger partial charge in [0.05, 0.1) is 16.9 Å². The van der Waals surface area contributed by atoms with E-state index in [-0.39, 0.29) is 18.3 Å². The highest BCUT2D eigenvalue weighted by Gasteiger charge is 2.30. The zero-order chi connectivity index (χ0) is 21.1. The van der Waals surface area contributed by atoms with Crippen LogP contribution >= 0.6 is 0 Å². The third-order valence-electron chi connectivity index (χ3n) is 5.18. The smallest absolute Gasteiger partial charge is 0.381 e. The SMILES string of the molecule is Fc1cccc(-n2cc(C3CCOCC3)nc2NCc2ccc(C(F)(F)F)cc2)c1. The number of ether oxygens (including phenoxy) is 1. The lowest BCUT2D eigenvalue weighted by atomic mass is 9.97. The van der Waals surface area contributed by atoms with Crippen LogP contribution in [0.5, 0.6) is 0 Å². The summed E-state index contributed by atoms with van der Waals surface area (Å²) in [5, 5.41) is 3.18. The number of rotatable bonds is 5. The molecule has 1 aliphatic rings. The predicted octanol–water partition coefficient (Wildman–Crippen LogP) is 5.54. The molecule has 8 heteroatoms. The highest BCUT2D eigenvalue weighted by atomic mass is 19.4. The van der Waals surface area contributed by atoms with Gasteiger partial charge in [0.1, 0.15) is 5.82 Å². The van der Waals surface area contributed by atoms with Crippen LogP contribution in [0.15, 0.2) is 54.7 Å². The fourth-order valence-corrected chi connectivity index (χ4v) is 3.53. The monoisotopic (exact) mass is 419 g/mol. The van der Waals surface area contributed by atoms with E-state index in [2.05, 4.69) is 5.32 Å². The zero-order valence-corrected chi connectivity index (χ0v) is 16.1. The van der Waals surface area contributed by atoms with Crippen molar-refractivity contribution in [2.45, 2.75) is 31.5 Å². The lowest BCUT2D eigenvalue weighted by Gasteiger charge is -2.19. The van der Waals surface area contributed by atoms with Crippen LogP contribution in [0.1, 0.15) is 35.6 Å². The molecule has 0 radical (unpaired) electrons. The average Bonchev–Trinajstić information content (AvgIpc) is 3.17. The van der Waals surface area contributed by atoms with Crippen molar-refractivity contribution in [3.05, 3.63) is 77.4 Å². The number of alkyl halides is 3. The number of benzene rings is 2. The second-order valence-electron chi connectivity index (χ2n) is 7.27. The number of anilines is 1. The lowest BCUT2D eigenvalue weighted by Crippen LogP contribution is -2.14. The van der Waals surface area contributed by atoms with Crippen molar-refractivity contribution >= 4 is 5.95 Å². The fraction of sp³-hybridized carbons (Fsp3) is 0.318. The van der Waals surface area contributed by atoms with Gasteiger partial charge in [-0.05, 0) is 48.7 Å². The number of halogens is 4. The molecule has 2 aromatic carbocycles. The molecule has 158 valence electrons. The molecule has 4 nitrogen and oxygen atoms in total. The molecule has 1 aliphatic heterocycles. The van der Waals surface area contributed by atoms with Crippen LogP contribution in [0.3, 0.4) is 0 Å². The van der Waals surface area contributed by atoms with Gasteiger partial charge in [-0.25, -0.2) is 9.37 Å². The van der Waals surface area contributed by atoms with Crippen molar-refractivity contribution in [3.8, 4) is 5.69 Å². The summed E-state index contributed by atoms with van der Waals surface area (Å²) in [6, 6.07) is 11.2. The predicted molar refractivity (Wildman–Crippen MR) is 105 cm³/mol. The minimum absolute atomic E-state index is 0.250. The van der Waals surface area contributed by atoms with Crippen molar-refractivity contribution in [1.29, 1.82) is 0 Å². The zero-order valence-electron chi connectivity index (χ0n) is 16.1. The summed E-state index contributed by atoms with van der Waals surface area (Å²) < 4.78 is 59.2. The van der Waals surface area contributed by atoms with Gasteiger partial charge >= 0.3 is 6.18 Å². The van der Waals surface area contributed by atoms with E-state index in [0.29, 0.717) is 30.4 Å². The van der Waals surface area contributed by atoms with Crippen molar-refractivity contribution in [2.24, 2.45) is 0 Å². The lowest BCUT2D eigenvalue weighted by molar-refractivity contribution is -0.137. The number of aromatic nitrogens is 2. The van der Waals surface area contributed by atoms with Crippen LogP contribution in [-0.4, -0.2) is 22.8 Å². The topological polar surface area (TPSA) is 39.1 Å². The van der Waals surface area contributed by atoms with E-state index in [0.717, 1.165) is 30.7 Å². The number of hydrogen-bond donors (Lipinski definition) is 1. The first-order chi connectivity index (χ1) is 14.4. The van der Waals surface area contributed by atoms with Gasteiger partial charge in [0.2, 0.25) is 5.95 Å². The summed E-state index contributed by atoms with van der Waals surface area (Å²) in [5.74, 6) is 0.407. The number of hydrogen-bond acceptors (Lipinski definition) is 3. The van der Waals surface area contributed by atoms with E-state index in [9.17, 15) is 17.6 Å². The first kappa shape index (κ1) is 20.4. The second-order valence-corrected chi connectivity index (χ2v) is 7.27. The Morgan fingerprint density at radius 2 is 1.80 bits per heavy atom. The Morgan fingerprint density at radius 1 is 1.07 bits per heavy atom. The molecule has 0 atom stereocenters. The quantitative estimate of drug-likeness (QED) is 0.552. The Labute approximate surface area is 171 Å². The Bertz CT molecular complexity index is 992. The van der Waals surface area contributed by atoms with E-state index in [1.165, 1.54) is 24.3 Å². The molecule has 1 fully saturated rings. The Kier molecular flexibility index (Phi) is 5.76. The van der Waals surface area contributed by atoms with Crippen molar-refractivity contribution in [1.82, 2.24) is 9.55 Å². The minimum atomic E-state index is -4.36. The number of nitrogens with zero attached hydrogens (tertiary/aromatic N) is 2.